The second kappa shape index (κ2) is 10.5. The lowest BCUT2D eigenvalue weighted by atomic mass is 9.95. The van der Waals surface area contributed by atoms with Gasteiger partial charge in [-0.2, -0.15) is 0 Å². The molecule has 0 radical (unpaired) electrons. The number of anilines is 1. The third kappa shape index (κ3) is 5.44. The van der Waals surface area contributed by atoms with Crippen molar-refractivity contribution >= 4 is 49.8 Å². The van der Waals surface area contributed by atoms with Crippen LogP contribution in [0, 0.1) is 0 Å². The zero-order valence-electron chi connectivity index (χ0n) is 19.5. The highest BCUT2D eigenvalue weighted by Gasteiger charge is 2.28. The summed E-state index contributed by atoms with van der Waals surface area (Å²) in [6, 6.07) is 8.20. The predicted molar refractivity (Wildman–Crippen MR) is 136 cm³/mol. The van der Waals surface area contributed by atoms with Gasteiger partial charge in [0.15, 0.2) is 15.0 Å². The van der Waals surface area contributed by atoms with Crippen molar-refractivity contribution in [2.75, 3.05) is 5.32 Å². The van der Waals surface area contributed by atoms with Crippen molar-refractivity contribution in [1.29, 1.82) is 0 Å². The Morgan fingerprint density at radius 3 is 2.60 bits per heavy atom. The Labute approximate surface area is 212 Å². The molecular weight excluding hydrogens is 506 g/mol. The largest absolute Gasteiger partial charge is 0.365 e. The number of rotatable bonds is 9. The predicted octanol–water partition coefficient (Wildman–Crippen LogP) is 3.43. The van der Waals surface area contributed by atoms with E-state index in [4.69, 9.17) is 5.73 Å². The van der Waals surface area contributed by atoms with Crippen molar-refractivity contribution in [3.05, 3.63) is 52.2 Å². The van der Waals surface area contributed by atoms with Crippen LogP contribution in [-0.2, 0) is 39.8 Å². The van der Waals surface area contributed by atoms with E-state index in [0.29, 0.717) is 28.1 Å². The third-order valence-corrected chi connectivity index (χ3v) is 9.75. The molecule has 12 heteroatoms. The van der Waals surface area contributed by atoms with Gasteiger partial charge in [0, 0.05) is 11.4 Å². The Balaban J connectivity index is 1.49. The van der Waals surface area contributed by atoms with Gasteiger partial charge in [-0.15, -0.1) is 21.5 Å². The normalized spacial score (nSPS) is 14.3. The number of nitrogens with zero attached hydrogens (tertiary/aromatic N) is 3. The molecular formula is C23H27N5O4S3. The average Bonchev–Trinajstić information content (AvgIpc) is 3.39. The van der Waals surface area contributed by atoms with E-state index < -0.39 is 21.0 Å². The molecule has 0 saturated heterocycles. The number of nitrogens with one attached hydrogen (secondary N) is 1. The lowest BCUT2D eigenvalue weighted by Gasteiger charge is -2.13. The van der Waals surface area contributed by atoms with Gasteiger partial charge in [-0.25, -0.2) is 8.42 Å². The van der Waals surface area contributed by atoms with Crippen LogP contribution in [-0.4, -0.2) is 40.2 Å². The van der Waals surface area contributed by atoms with Crippen LogP contribution in [0.5, 0.6) is 0 Å². The van der Waals surface area contributed by atoms with Crippen LogP contribution < -0.4 is 11.1 Å². The van der Waals surface area contributed by atoms with Crippen LogP contribution in [0.3, 0.4) is 0 Å². The van der Waals surface area contributed by atoms with E-state index in [-0.39, 0.29) is 16.6 Å². The van der Waals surface area contributed by atoms with Crippen LogP contribution in [0.15, 0.2) is 40.4 Å². The third-order valence-electron chi connectivity index (χ3n) is 5.84. The maximum absolute atomic E-state index is 13.0. The average molecular weight is 534 g/mol. The summed E-state index contributed by atoms with van der Waals surface area (Å²) in [6.07, 6.45) is 3.73. The molecule has 186 valence electrons. The Morgan fingerprint density at radius 2 is 1.91 bits per heavy atom. The highest BCUT2D eigenvalue weighted by Crippen LogP contribution is 2.38. The number of fused-ring (bicyclic) bond motifs is 1. The zero-order chi connectivity index (χ0) is 25.2. The number of aromatic nitrogens is 3. The van der Waals surface area contributed by atoms with Crippen LogP contribution >= 0.6 is 23.1 Å². The van der Waals surface area contributed by atoms with Crippen molar-refractivity contribution in [2.24, 2.45) is 5.73 Å². The highest BCUT2D eigenvalue weighted by molar-refractivity contribution is 8.00. The lowest BCUT2D eigenvalue weighted by molar-refractivity contribution is -0.115. The fraction of sp³-hybridized carbons (Fsp3) is 0.391. The molecule has 1 unspecified atom stereocenters. The number of benzene rings is 1. The summed E-state index contributed by atoms with van der Waals surface area (Å²) in [5.41, 5.74) is 7.01. The number of carbonyl (C=O) groups is 2. The van der Waals surface area contributed by atoms with Gasteiger partial charge < -0.3 is 15.6 Å². The molecule has 2 amide bonds. The van der Waals surface area contributed by atoms with Crippen LogP contribution in [0.2, 0.25) is 0 Å². The van der Waals surface area contributed by atoms with Crippen LogP contribution in [0.25, 0.3) is 0 Å². The second-order valence-electron chi connectivity index (χ2n) is 8.24. The highest BCUT2D eigenvalue weighted by atomic mass is 32.2. The molecule has 2 aromatic heterocycles. The number of carbonyl (C=O) groups excluding carboxylic acids is 2. The summed E-state index contributed by atoms with van der Waals surface area (Å²) in [6.45, 7) is 4.05. The topological polar surface area (TPSA) is 137 Å². The molecule has 2 heterocycles. The first-order valence-electron chi connectivity index (χ1n) is 11.3. The Hall–Kier alpha value is -2.70. The lowest BCUT2D eigenvalue weighted by Crippen LogP contribution is -2.24. The number of thioether (sulfide) groups is 1. The standard InChI is InChI=1S/C23H27N5O4S3/c1-3-28-18(13-35(31,32)15-9-5-4-6-10-15)26-27-23(28)33-14(2)21(30)25-22-19(20(24)29)16-11-7-8-12-17(16)34-22/h4-6,9-10,14H,3,7-8,11-13H2,1-2H3,(H2,24,29)(H,25,30). The van der Waals surface area contributed by atoms with E-state index in [2.05, 4.69) is 15.5 Å². The molecule has 0 bridgehead atoms. The molecule has 0 saturated carbocycles. The van der Waals surface area contributed by atoms with E-state index in [9.17, 15) is 18.0 Å². The molecule has 3 aromatic rings. The SMILES string of the molecule is CCn1c(CS(=O)(=O)c2ccccc2)nnc1SC(C)C(=O)Nc1sc2c(c1C(N)=O)CCCC2. The summed E-state index contributed by atoms with van der Waals surface area (Å²) in [7, 11) is -3.59. The van der Waals surface area contributed by atoms with E-state index in [1.807, 2.05) is 6.92 Å². The first-order valence-corrected chi connectivity index (χ1v) is 14.7. The Bertz CT molecular complexity index is 1350. The molecule has 0 aliphatic heterocycles. The Kier molecular flexibility index (Phi) is 7.62. The van der Waals surface area contributed by atoms with E-state index in [0.717, 1.165) is 36.1 Å². The number of amides is 2. The molecule has 4 rings (SSSR count). The van der Waals surface area contributed by atoms with Gasteiger partial charge in [-0.3, -0.25) is 9.59 Å². The van der Waals surface area contributed by atoms with Crippen molar-refractivity contribution in [1.82, 2.24) is 14.8 Å². The first-order chi connectivity index (χ1) is 16.7. The second-order valence-corrected chi connectivity index (χ2v) is 12.6. The zero-order valence-corrected chi connectivity index (χ0v) is 21.9. The molecule has 1 aliphatic rings. The van der Waals surface area contributed by atoms with Crippen molar-refractivity contribution < 1.29 is 18.0 Å². The van der Waals surface area contributed by atoms with Gasteiger partial charge in [0.1, 0.15) is 16.6 Å². The molecule has 1 atom stereocenters. The molecule has 3 N–H and O–H groups in total. The van der Waals surface area contributed by atoms with Gasteiger partial charge in [-0.05, 0) is 57.2 Å². The van der Waals surface area contributed by atoms with Crippen LogP contribution in [0.4, 0.5) is 5.00 Å². The van der Waals surface area contributed by atoms with E-state index in [1.165, 1.54) is 23.1 Å². The van der Waals surface area contributed by atoms with Gasteiger partial charge in [0.2, 0.25) is 5.91 Å². The monoisotopic (exact) mass is 533 g/mol. The molecule has 9 nitrogen and oxygen atoms in total. The van der Waals surface area contributed by atoms with Gasteiger partial charge in [0.25, 0.3) is 5.91 Å². The molecule has 1 aromatic carbocycles. The maximum Gasteiger partial charge on any atom is 0.251 e. The fourth-order valence-electron chi connectivity index (χ4n) is 4.05. The van der Waals surface area contributed by atoms with E-state index in [1.54, 1.807) is 41.8 Å². The van der Waals surface area contributed by atoms with Crippen molar-refractivity contribution in [3.8, 4) is 0 Å². The number of sulfone groups is 1. The number of hydrogen-bond acceptors (Lipinski definition) is 8. The van der Waals surface area contributed by atoms with Gasteiger partial charge >= 0.3 is 0 Å². The summed E-state index contributed by atoms with van der Waals surface area (Å²) in [5, 5.41) is 11.5. The summed E-state index contributed by atoms with van der Waals surface area (Å²) in [4.78, 5) is 26.4. The first kappa shape index (κ1) is 25.4. The summed E-state index contributed by atoms with van der Waals surface area (Å²) in [5.74, 6) is -0.801. The summed E-state index contributed by atoms with van der Waals surface area (Å²) >= 11 is 2.60. The minimum absolute atomic E-state index is 0.219. The maximum atomic E-state index is 13.0. The number of thiophene rings is 1. The molecule has 0 fully saturated rings. The number of primary amides is 1. The van der Waals surface area contributed by atoms with Crippen molar-refractivity contribution in [2.45, 2.75) is 67.1 Å². The number of nitrogens with two attached hydrogens (primary N) is 1. The van der Waals surface area contributed by atoms with Gasteiger partial charge in [0.05, 0.1) is 15.7 Å². The van der Waals surface area contributed by atoms with Crippen molar-refractivity contribution in [3.63, 3.8) is 0 Å². The van der Waals surface area contributed by atoms with Gasteiger partial charge in [-0.1, -0.05) is 30.0 Å². The van der Waals surface area contributed by atoms with Crippen LogP contribution in [0.1, 0.15) is 53.3 Å². The number of aryl methyl sites for hydroxylation is 1. The minimum atomic E-state index is -3.59. The summed E-state index contributed by atoms with van der Waals surface area (Å²) < 4.78 is 27.3. The molecule has 1 aliphatic carbocycles. The number of hydrogen-bond donors (Lipinski definition) is 2. The molecule has 35 heavy (non-hydrogen) atoms. The quantitative estimate of drug-likeness (QED) is 0.402. The minimum Gasteiger partial charge on any atom is -0.365 e. The Morgan fingerprint density at radius 1 is 1.20 bits per heavy atom. The fourth-order valence-corrected chi connectivity index (χ4v) is 7.57. The van der Waals surface area contributed by atoms with E-state index >= 15 is 0 Å². The smallest absolute Gasteiger partial charge is 0.251 e. The molecule has 0 spiro atoms.